The average molecular weight is 545 g/mol. The lowest BCUT2D eigenvalue weighted by Gasteiger charge is -2.06. The van der Waals surface area contributed by atoms with Gasteiger partial charge < -0.3 is 15.3 Å². The minimum atomic E-state index is -0.840. The molecule has 0 aromatic heterocycles. The van der Waals surface area contributed by atoms with E-state index in [2.05, 4.69) is 61.6 Å². The van der Waals surface area contributed by atoms with E-state index in [1.54, 1.807) is 41.5 Å². The number of hydrogen-bond acceptors (Lipinski definition) is 3. The summed E-state index contributed by atoms with van der Waals surface area (Å²) in [6.07, 6.45) is 1.25. The first-order chi connectivity index (χ1) is 10.2. The third-order valence-corrected chi connectivity index (χ3v) is 2.54. The van der Waals surface area contributed by atoms with Crippen molar-refractivity contribution in [2.24, 2.45) is 0 Å². The van der Waals surface area contributed by atoms with E-state index >= 15 is 0 Å². The van der Waals surface area contributed by atoms with E-state index in [4.69, 9.17) is 15.3 Å². The lowest BCUT2D eigenvalue weighted by molar-refractivity contribution is -0.139. The van der Waals surface area contributed by atoms with E-state index < -0.39 is 30.9 Å². The molecule has 0 radical (unpaired) electrons. The minimum Gasteiger partial charge on any atom is -0.480 e. The maximum atomic E-state index is 9.97. The van der Waals surface area contributed by atoms with Crippen molar-refractivity contribution in [1.29, 1.82) is 0 Å². The molecule has 0 spiro atoms. The quantitative estimate of drug-likeness (QED) is 0.424. The number of carboxylic acid groups (broad SMARTS) is 3. The number of hydrogen-bond donors (Lipinski definition) is 3. The van der Waals surface area contributed by atoms with Gasteiger partial charge in [-0.3, -0.25) is 14.4 Å². The summed E-state index contributed by atoms with van der Waals surface area (Å²) in [6, 6.07) is 0. The monoisotopic (exact) mass is 542 g/mol. The highest BCUT2D eigenvalue weighted by Gasteiger charge is 2.22. The predicted molar refractivity (Wildman–Crippen MR) is 108 cm³/mol. The van der Waals surface area contributed by atoms with Crippen molar-refractivity contribution < 1.29 is 29.7 Å². The Hall–Kier alpha value is -0.150. The number of halogens is 3. The van der Waals surface area contributed by atoms with Crippen LogP contribution in [0.25, 0.3) is 0 Å². The lowest BCUT2D eigenvalue weighted by atomic mass is 10.2. The molecule has 0 aliphatic rings. The lowest BCUT2D eigenvalue weighted by Crippen LogP contribution is -2.22. The van der Waals surface area contributed by atoms with Crippen LogP contribution in [0.5, 0.6) is 0 Å². The largest absolute Gasteiger partial charge is 0.480 e. The van der Waals surface area contributed by atoms with Crippen molar-refractivity contribution in [3.8, 4) is 0 Å². The van der Waals surface area contributed by atoms with Crippen LogP contribution in [-0.2, 0) is 14.4 Å². The van der Waals surface area contributed by atoms with E-state index in [0.29, 0.717) is 0 Å². The number of carbonyl (C=O) groups is 3. The highest BCUT2D eigenvalue weighted by atomic mass is 79.9. The first-order valence-corrected chi connectivity index (χ1v) is 9.39. The third kappa shape index (κ3) is 29.8. The second kappa shape index (κ2) is 14.1. The topological polar surface area (TPSA) is 112 Å². The third-order valence-electron chi connectivity index (χ3n) is 1.53. The smallest absolute Gasteiger partial charge is 0.319 e. The molecule has 0 saturated heterocycles. The van der Waals surface area contributed by atoms with Gasteiger partial charge in [0.05, 0.1) is 0 Å². The van der Waals surface area contributed by atoms with Crippen LogP contribution in [-0.4, -0.2) is 46.2 Å². The summed E-state index contributed by atoms with van der Waals surface area (Å²) in [6.45, 7) is 13.7. The molecule has 0 atom stereocenters. The molecule has 0 amide bonds. The van der Waals surface area contributed by atoms with Crippen LogP contribution in [0.1, 0.15) is 61.8 Å². The molecule has 6 nitrogen and oxygen atoms in total. The molecule has 0 aromatic rings. The summed E-state index contributed by atoms with van der Waals surface area (Å²) >= 11 is 8.83. The average Bonchev–Trinajstić information content (AvgIpc) is 2.27. The molecular formula is C15H29Br3O6. The maximum Gasteiger partial charge on any atom is 0.319 e. The van der Waals surface area contributed by atoms with E-state index in [1.165, 1.54) is 6.42 Å². The van der Waals surface area contributed by atoms with Gasteiger partial charge >= 0.3 is 17.9 Å². The summed E-state index contributed by atoms with van der Waals surface area (Å²) in [4.78, 5) is 29.9. The van der Waals surface area contributed by atoms with Gasteiger partial charge in [-0.15, -0.1) is 0 Å². The molecule has 24 heavy (non-hydrogen) atoms. The Kier molecular flexibility index (Phi) is 18.5. The summed E-state index contributed by atoms with van der Waals surface area (Å²) < 4.78 is -2.31. The summed E-state index contributed by atoms with van der Waals surface area (Å²) in [7, 11) is 0. The molecule has 0 heterocycles. The van der Waals surface area contributed by atoms with Crippen LogP contribution >= 0.6 is 47.8 Å². The zero-order valence-corrected chi connectivity index (χ0v) is 20.2. The Morgan fingerprint density at radius 3 is 0.667 bits per heavy atom. The van der Waals surface area contributed by atoms with Crippen molar-refractivity contribution in [2.45, 2.75) is 74.8 Å². The van der Waals surface area contributed by atoms with Gasteiger partial charge in [-0.1, -0.05) is 68.1 Å². The van der Waals surface area contributed by atoms with Crippen LogP contribution in [0, 0.1) is 0 Å². The highest BCUT2D eigenvalue weighted by Crippen LogP contribution is 2.15. The number of aliphatic carboxylic acids is 3. The predicted octanol–water partition coefficient (Wildman–Crippen LogP) is 5.15. The van der Waals surface area contributed by atoms with Crippen molar-refractivity contribution in [1.82, 2.24) is 0 Å². The summed E-state index contributed by atoms with van der Waals surface area (Å²) in [5.74, 6) is -2.52. The van der Waals surface area contributed by atoms with Crippen LogP contribution < -0.4 is 0 Å². The van der Waals surface area contributed by atoms with Gasteiger partial charge in [0, 0.05) is 0 Å². The molecule has 146 valence electrons. The Morgan fingerprint density at radius 1 is 0.625 bits per heavy atom. The second-order valence-electron chi connectivity index (χ2n) is 6.04. The van der Waals surface area contributed by atoms with Crippen molar-refractivity contribution >= 4 is 65.7 Å². The normalized spacial score (nSPS) is 10.6. The van der Waals surface area contributed by atoms with Gasteiger partial charge in [0.2, 0.25) is 0 Å². The van der Waals surface area contributed by atoms with E-state index in [-0.39, 0.29) is 0 Å². The Bertz CT molecular complexity index is 319. The highest BCUT2D eigenvalue weighted by molar-refractivity contribution is 9.10. The standard InChI is InChI=1S/3C4H7BrO2.C3H8/c3*1-4(2,5)3(6)7;1-3-2/h3*1-2H3,(H,6,7);3H2,1-2H3. The minimum absolute atomic E-state index is 0.771. The van der Waals surface area contributed by atoms with Gasteiger partial charge in [-0.25, -0.2) is 0 Å². The van der Waals surface area contributed by atoms with E-state index in [9.17, 15) is 14.4 Å². The fourth-order valence-corrected chi connectivity index (χ4v) is 0. The van der Waals surface area contributed by atoms with E-state index in [1.807, 2.05) is 0 Å². The van der Waals surface area contributed by atoms with Crippen LogP contribution in [0.4, 0.5) is 0 Å². The van der Waals surface area contributed by atoms with Gasteiger partial charge in [0.1, 0.15) is 13.0 Å². The van der Waals surface area contributed by atoms with Crippen molar-refractivity contribution in [2.75, 3.05) is 0 Å². The second-order valence-corrected chi connectivity index (χ2v) is 12.0. The molecule has 0 saturated carbocycles. The van der Waals surface area contributed by atoms with Crippen LogP contribution in [0.2, 0.25) is 0 Å². The molecule has 0 aliphatic carbocycles. The first-order valence-electron chi connectivity index (χ1n) is 7.01. The Labute approximate surface area is 169 Å². The van der Waals surface area contributed by atoms with Crippen LogP contribution in [0.15, 0.2) is 0 Å². The molecule has 0 fully saturated rings. The molecule has 9 heteroatoms. The SMILES string of the molecule is CC(C)(Br)C(=O)O.CC(C)(Br)C(=O)O.CC(C)(Br)C(=O)O.CCC. The van der Waals surface area contributed by atoms with Crippen molar-refractivity contribution in [3.63, 3.8) is 0 Å². The van der Waals surface area contributed by atoms with Gasteiger partial charge in [-0.2, -0.15) is 0 Å². The summed E-state index contributed by atoms with van der Waals surface area (Å²) in [5, 5.41) is 24.6. The zero-order chi connectivity index (χ0) is 20.9. The molecular weight excluding hydrogens is 516 g/mol. The molecule has 0 bridgehead atoms. The van der Waals surface area contributed by atoms with Gasteiger partial charge in [0.15, 0.2) is 0 Å². The molecule has 3 N–H and O–H groups in total. The van der Waals surface area contributed by atoms with Crippen molar-refractivity contribution in [3.05, 3.63) is 0 Å². The van der Waals surface area contributed by atoms with Crippen LogP contribution in [0.3, 0.4) is 0 Å². The molecule has 0 aliphatic heterocycles. The fraction of sp³-hybridized carbons (Fsp3) is 0.800. The molecule has 0 unspecified atom stereocenters. The molecule has 0 aromatic carbocycles. The molecule has 0 rings (SSSR count). The zero-order valence-electron chi connectivity index (χ0n) is 15.4. The Morgan fingerprint density at radius 2 is 0.667 bits per heavy atom. The first kappa shape index (κ1) is 31.6. The number of carboxylic acids is 3. The fourth-order valence-electron chi connectivity index (χ4n) is 0. The number of rotatable bonds is 3. The van der Waals surface area contributed by atoms with Gasteiger partial charge in [-0.05, 0) is 41.5 Å². The Balaban J connectivity index is -0.000000115. The number of alkyl halides is 3. The maximum absolute atomic E-state index is 9.97. The van der Waals surface area contributed by atoms with E-state index in [0.717, 1.165) is 0 Å². The van der Waals surface area contributed by atoms with Gasteiger partial charge in [0.25, 0.3) is 0 Å². The summed E-state index contributed by atoms with van der Waals surface area (Å²) in [5.41, 5.74) is 0.